The number of nitrogens with zero attached hydrogens (tertiary/aromatic N) is 2. The number of hydrogen-bond donors (Lipinski definition) is 0. The molecule has 1 aromatic rings. The first-order valence-corrected chi connectivity index (χ1v) is 5.24. The van der Waals surface area contributed by atoms with Crippen LogP contribution in [-0.2, 0) is 13.0 Å². The third-order valence-corrected chi connectivity index (χ3v) is 2.15. The molecule has 0 aliphatic rings. The van der Waals surface area contributed by atoms with Crippen LogP contribution >= 0.6 is 0 Å². The van der Waals surface area contributed by atoms with Gasteiger partial charge in [-0.1, -0.05) is 27.2 Å². The van der Waals surface area contributed by atoms with Crippen LogP contribution in [0.4, 0.5) is 0 Å². The van der Waals surface area contributed by atoms with Crippen LogP contribution in [0.15, 0.2) is 12.4 Å². The molecule has 0 atom stereocenters. The van der Waals surface area contributed by atoms with Crippen molar-refractivity contribution in [2.24, 2.45) is 5.92 Å². The van der Waals surface area contributed by atoms with Crippen LogP contribution in [0.5, 0.6) is 0 Å². The molecule has 0 unspecified atom stereocenters. The van der Waals surface area contributed by atoms with Crippen LogP contribution in [-0.4, -0.2) is 9.55 Å². The van der Waals surface area contributed by atoms with Crippen LogP contribution in [0.3, 0.4) is 0 Å². The summed E-state index contributed by atoms with van der Waals surface area (Å²) in [6.45, 7) is 7.81. The van der Waals surface area contributed by atoms with Gasteiger partial charge in [-0.3, -0.25) is 0 Å². The van der Waals surface area contributed by atoms with E-state index in [0.717, 1.165) is 13.0 Å². The fourth-order valence-electron chi connectivity index (χ4n) is 1.43. The third kappa shape index (κ3) is 3.21. The Hall–Kier alpha value is -0.790. The van der Waals surface area contributed by atoms with Crippen LogP contribution < -0.4 is 0 Å². The molecule has 0 aromatic carbocycles. The maximum absolute atomic E-state index is 4.37. The molecule has 13 heavy (non-hydrogen) atoms. The highest BCUT2D eigenvalue weighted by Gasteiger charge is 2.03. The Labute approximate surface area is 81.0 Å². The molecule has 1 aromatic heterocycles. The highest BCUT2D eigenvalue weighted by atomic mass is 15.1. The van der Waals surface area contributed by atoms with E-state index >= 15 is 0 Å². The van der Waals surface area contributed by atoms with E-state index in [1.54, 1.807) is 0 Å². The van der Waals surface area contributed by atoms with Gasteiger partial charge in [-0.2, -0.15) is 0 Å². The van der Waals surface area contributed by atoms with Gasteiger partial charge < -0.3 is 4.57 Å². The van der Waals surface area contributed by atoms with Gasteiger partial charge in [0.2, 0.25) is 0 Å². The maximum atomic E-state index is 4.37. The fourth-order valence-corrected chi connectivity index (χ4v) is 1.43. The number of rotatable bonds is 5. The Morgan fingerprint density at radius 3 is 2.85 bits per heavy atom. The molecule has 2 heteroatoms. The summed E-state index contributed by atoms with van der Waals surface area (Å²) in [6, 6.07) is 0. The average Bonchev–Trinajstić information content (AvgIpc) is 2.48. The summed E-state index contributed by atoms with van der Waals surface area (Å²) in [5, 5.41) is 0. The Bertz CT molecular complexity index is 238. The van der Waals surface area contributed by atoms with Gasteiger partial charge in [0.1, 0.15) is 5.82 Å². The molecule has 1 rings (SSSR count). The molecular weight excluding hydrogens is 160 g/mol. The lowest BCUT2D eigenvalue weighted by Gasteiger charge is -2.08. The van der Waals surface area contributed by atoms with E-state index in [4.69, 9.17) is 0 Å². The molecule has 0 aliphatic heterocycles. The van der Waals surface area contributed by atoms with Crippen molar-refractivity contribution in [1.82, 2.24) is 9.55 Å². The lowest BCUT2D eigenvalue weighted by atomic mass is 10.1. The van der Waals surface area contributed by atoms with Gasteiger partial charge in [-0.05, 0) is 12.3 Å². The van der Waals surface area contributed by atoms with Crippen molar-refractivity contribution in [3.63, 3.8) is 0 Å². The molecular formula is C11H20N2. The number of hydrogen-bond acceptors (Lipinski definition) is 1. The number of aryl methyl sites for hydroxylation is 1. The van der Waals surface area contributed by atoms with E-state index in [1.807, 2.05) is 6.20 Å². The van der Waals surface area contributed by atoms with E-state index in [-0.39, 0.29) is 0 Å². The number of aromatic nitrogens is 2. The molecule has 0 bridgehead atoms. The lowest BCUT2D eigenvalue weighted by Crippen LogP contribution is -2.06. The van der Waals surface area contributed by atoms with Crippen LogP contribution in [0.1, 0.15) is 39.4 Å². The fraction of sp³-hybridized carbons (Fsp3) is 0.727. The van der Waals surface area contributed by atoms with E-state index in [9.17, 15) is 0 Å². The first-order chi connectivity index (χ1) is 6.24. The molecule has 0 saturated carbocycles. The minimum absolute atomic E-state index is 0.697. The molecule has 1 heterocycles. The lowest BCUT2D eigenvalue weighted by molar-refractivity contribution is 0.553. The standard InChI is InChI=1S/C11H20N2/c1-4-5-7-13-8-6-12-11(13)9-10(2)3/h6,8,10H,4-5,7,9H2,1-3H3. The number of unbranched alkanes of at least 4 members (excludes halogenated alkanes) is 1. The summed E-state index contributed by atoms with van der Waals surface area (Å²) in [5.74, 6) is 1.94. The Kier molecular flexibility index (Phi) is 4.00. The van der Waals surface area contributed by atoms with Crippen molar-refractivity contribution >= 4 is 0 Å². The van der Waals surface area contributed by atoms with Crippen molar-refractivity contribution in [2.45, 2.75) is 46.6 Å². The van der Waals surface area contributed by atoms with Gasteiger partial charge in [-0.15, -0.1) is 0 Å². The van der Waals surface area contributed by atoms with Crippen LogP contribution in [0.2, 0.25) is 0 Å². The highest BCUT2D eigenvalue weighted by Crippen LogP contribution is 2.07. The summed E-state index contributed by atoms with van der Waals surface area (Å²) in [6.07, 6.45) is 7.60. The Morgan fingerprint density at radius 2 is 2.23 bits per heavy atom. The second kappa shape index (κ2) is 5.05. The molecule has 0 N–H and O–H groups in total. The minimum Gasteiger partial charge on any atom is -0.335 e. The second-order valence-corrected chi connectivity index (χ2v) is 3.99. The van der Waals surface area contributed by atoms with E-state index in [1.165, 1.54) is 18.7 Å². The highest BCUT2D eigenvalue weighted by molar-refractivity contribution is 4.93. The molecule has 0 fully saturated rings. The average molecular weight is 180 g/mol. The predicted octanol–water partition coefficient (Wildman–Crippen LogP) is 2.88. The largest absolute Gasteiger partial charge is 0.335 e. The molecule has 0 radical (unpaired) electrons. The first kappa shape index (κ1) is 10.3. The van der Waals surface area contributed by atoms with E-state index < -0.39 is 0 Å². The maximum Gasteiger partial charge on any atom is 0.108 e. The zero-order chi connectivity index (χ0) is 9.68. The molecule has 2 nitrogen and oxygen atoms in total. The smallest absolute Gasteiger partial charge is 0.108 e. The van der Waals surface area contributed by atoms with Crippen molar-refractivity contribution in [1.29, 1.82) is 0 Å². The monoisotopic (exact) mass is 180 g/mol. The van der Waals surface area contributed by atoms with Crippen molar-refractivity contribution in [2.75, 3.05) is 0 Å². The summed E-state index contributed by atoms with van der Waals surface area (Å²) >= 11 is 0. The summed E-state index contributed by atoms with van der Waals surface area (Å²) < 4.78 is 2.28. The minimum atomic E-state index is 0.697. The Morgan fingerprint density at radius 1 is 1.46 bits per heavy atom. The van der Waals surface area contributed by atoms with Crippen molar-refractivity contribution < 1.29 is 0 Å². The van der Waals surface area contributed by atoms with Crippen molar-refractivity contribution in [3.8, 4) is 0 Å². The molecule has 0 spiro atoms. The molecule has 0 saturated heterocycles. The van der Waals surface area contributed by atoms with Crippen LogP contribution in [0, 0.1) is 5.92 Å². The van der Waals surface area contributed by atoms with Crippen LogP contribution in [0.25, 0.3) is 0 Å². The second-order valence-electron chi connectivity index (χ2n) is 3.99. The summed E-state index contributed by atoms with van der Waals surface area (Å²) in [4.78, 5) is 4.37. The molecule has 74 valence electrons. The van der Waals surface area contributed by atoms with E-state index in [0.29, 0.717) is 5.92 Å². The Balaban J connectivity index is 2.55. The van der Waals surface area contributed by atoms with Gasteiger partial charge >= 0.3 is 0 Å². The topological polar surface area (TPSA) is 17.8 Å². The SMILES string of the molecule is CCCCn1ccnc1CC(C)C. The first-order valence-electron chi connectivity index (χ1n) is 5.24. The number of imidazole rings is 1. The molecule has 0 aliphatic carbocycles. The third-order valence-electron chi connectivity index (χ3n) is 2.15. The molecule has 0 amide bonds. The van der Waals surface area contributed by atoms with E-state index in [2.05, 4.69) is 36.5 Å². The van der Waals surface area contributed by atoms with Crippen molar-refractivity contribution in [3.05, 3.63) is 18.2 Å². The predicted molar refractivity (Wildman–Crippen MR) is 55.7 cm³/mol. The zero-order valence-electron chi connectivity index (χ0n) is 8.95. The van der Waals surface area contributed by atoms with Gasteiger partial charge in [0.25, 0.3) is 0 Å². The quantitative estimate of drug-likeness (QED) is 0.681. The summed E-state index contributed by atoms with van der Waals surface area (Å²) in [7, 11) is 0. The van der Waals surface area contributed by atoms with Gasteiger partial charge in [0.15, 0.2) is 0 Å². The van der Waals surface area contributed by atoms with Gasteiger partial charge in [0, 0.05) is 25.4 Å². The zero-order valence-corrected chi connectivity index (χ0v) is 8.95. The summed E-state index contributed by atoms with van der Waals surface area (Å²) in [5.41, 5.74) is 0. The van der Waals surface area contributed by atoms with Gasteiger partial charge in [-0.25, -0.2) is 4.98 Å². The normalized spacial score (nSPS) is 11.1. The van der Waals surface area contributed by atoms with Gasteiger partial charge in [0.05, 0.1) is 0 Å².